The summed E-state index contributed by atoms with van der Waals surface area (Å²) in [6.07, 6.45) is 3.53. The van der Waals surface area contributed by atoms with Gasteiger partial charge in [0.2, 0.25) is 0 Å². The number of imide groups is 2. The lowest BCUT2D eigenvalue weighted by Gasteiger charge is -2.26. The largest absolute Gasteiger partial charge is 0.342 e. The van der Waals surface area contributed by atoms with E-state index in [0.29, 0.717) is 12.2 Å². The monoisotopic (exact) mass is 499 g/mol. The molecule has 0 atom stereocenters. The minimum Gasteiger partial charge on any atom is -0.342 e. The van der Waals surface area contributed by atoms with Crippen LogP contribution >= 0.6 is 0 Å². The number of carbonyl (C=O) groups is 3. The Hall–Kier alpha value is -4.97. The molecule has 1 aromatic heterocycles. The summed E-state index contributed by atoms with van der Waals surface area (Å²) in [4.78, 5) is 40.1. The van der Waals surface area contributed by atoms with Gasteiger partial charge in [-0.3, -0.25) is 14.9 Å². The number of aromatic nitrogens is 1. The molecule has 6 nitrogen and oxygen atoms in total. The Balaban J connectivity index is 1.41. The number of urea groups is 1. The highest BCUT2D eigenvalue weighted by molar-refractivity contribution is 6.39. The molecule has 0 aliphatic carbocycles. The molecule has 1 fully saturated rings. The third-order valence-electron chi connectivity index (χ3n) is 6.85. The molecule has 2 heterocycles. The second-order valence-corrected chi connectivity index (χ2v) is 9.71. The highest BCUT2D eigenvalue weighted by Gasteiger charge is 2.37. The Morgan fingerprint density at radius 3 is 2.29 bits per heavy atom. The summed E-state index contributed by atoms with van der Waals surface area (Å²) in [5.41, 5.74) is 5.04. The second kappa shape index (κ2) is 9.16. The molecule has 1 aliphatic heterocycles. The number of para-hydroxylation sites is 1. The molecular weight excluding hydrogens is 474 g/mol. The second-order valence-electron chi connectivity index (χ2n) is 9.71. The average Bonchev–Trinajstić information content (AvgIpc) is 3.23. The third kappa shape index (κ3) is 4.16. The summed E-state index contributed by atoms with van der Waals surface area (Å²) in [7, 11) is 0. The van der Waals surface area contributed by atoms with Crippen LogP contribution in [-0.2, 0) is 16.1 Å². The lowest BCUT2D eigenvalue weighted by molar-refractivity contribution is -0.122. The minimum atomic E-state index is -0.749. The van der Waals surface area contributed by atoms with E-state index < -0.39 is 17.8 Å². The van der Waals surface area contributed by atoms with Crippen molar-refractivity contribution in [3.8, 4) is 0 Å². The van der Waals surface area contributed by atoms with Gasteiger partial charge < -0.3 is 4.57 Å². The molecule has 0 bridgehead atoms. The van der Waals surface area contributed by atoms with Crippen LogP contribution in [0.25, 0.3) is 27.8 Å². The van der Waals surface area contributed by atoms with Crippen molar-refractivity contribution in [3.05, 3.63) is 119 Å². The van der Waals surface area contributed by atoms with E-state index in [4.69, 9.17) is 0 Å². The summed E-state index contributed by atoms with van der Waals surface area (Å²) in [6, 6.07) is 27.3. The Labute approximate surface area is 219 Å². The van der Waals surface area contributed by atoms with Crippen molar-refractivity contribution >= 4 is 51.3 Å². The highest BCUT2D eigenvalue weighted by atomic mass is 16.2. The number of benzene rings is 4. The first-order valence-electron chi connectivity index (χ1n) is 12.4. The molecule has 0 spiro atoms. The van der Waals surface area contributed by atoms with E-state index in [1.807, 2.05) is 62.5 Å². The first-order chi connectivity index (χ1) is 18.4. The Morgan fingerprint density at radius 2 is 1.50 bits per heavy atom. The van der Waals surface area contributed by atoms with Crippen molar-refractivity contribution in [2.24, 2.45) is 0 Å². The van der Waals surface area contributed by atoms with Crippen molar-refractivity contribution in [1.29, 1.82) is 0 Å². The van der Waals surface area contributed by atoms with Crippen molar-refractivity contribution in [3.63, 3.8) is 0 Å². The fourth-order valence-corrected chi connectivity index (χ4v) is 5.18. The number of hydrogen-bond acceptors (Lipinski definition) is 3. The standard InChI is InChI=1S/C32H25N3O3/c1-20-13-21(2)15-26(14-20)35-31(37)28(30(36)33-32(35)38)17-25-19-34(29-10-6-5-9-27(25)29)18-22-11-12-23-7-3-4-8-24(23)16-22/h3-17,19H,18H2,1-2H3,(H,33,36,38)/b28-17+. The minimum absolute atomic E-state index is 0.0858. The number of amides is 4. The van der Waals surface area contributed by atoms with Crippen LogP contribution in [0.15, 0.2) is 96.7 Å². The zero-order valence-corrected chi connectivity index (χ0v) is 21.1. The molecule has 4 aromatic carbocycles. The zero-order chi connectivity index (χ0) is 26.4. The van der Waals surface area contributed by atoms with Crippen molar-refractivity contribution < 1.29 is 14.4 Å². The van der Waals surface area contributed by atoms with Crippen LogP contribution in [0, 0.1) is 13.8 Å². The number of nitrogens with zero attached hydrogens (tertiary/aromatic N) is 2. The molecule has 0 saturated carbocycles. The number of hydrogen-bond donors (Lipinski definition) is 1. The van der Waals surface area contributed by atoms with E-state index in [-0.39, 0.29) is 5.57 Å². The first kappa shape index (κ1) is 23.4. The Bertz CT molecular complexity index is 1790. The summed E-state index contributed by atoms with van der Waals surface area (Å²) in [5, 5.41) is 5.60. The first-order valence-corrected chi connectivity index (χ1v) is 12.4. The molecule has 6 rings (SSSR count). The lowest BCUT2D eigenvalue weighted by atomic mass is 10.0. The summed E-state index contributed by atoms with van der Waals surface area (Å²) in [6.45, 7) is 4.42. The molecule has 5 aromatic rings. The predicted octanol–water partition coefficient (Wildman–Crippen LogP) is 6.13. The number of carbonyl (C=O) groups excluding carboxylic acids is 3. The fourth-order valence-electron chi connectivity index (χ4n) is 5.18. The Kier molecular flexibility index (Phi) is 5.65. The van der Waals surface area contributed by atoms with Gasteiger partial charge in [0, 0.05) is 29.2 Å². The summed E-state index contributed by atoms with van der Waals surface area (Å²) in [5.74, 6) is -1.35. The maximum Gasteiger partial charge on any atom is 0.335 e. The average molecular weight is 500 g/mol. The van der Waals surface area contributed by atoms with Gasteiger partial charge in [0.1, 0.15) is 5.57 Å². The molecular formula is C32H25N3O3. The van der Waals surface area contributed by atoms with E-state index in [1.165, 1.54) is 10.8 Å². The molecule has 1 saturated heterocycles. The van der Waals surface area contributed by atoms with Crippen LogP contribution in [0.4, 0.5) is 10.5 Å². The molecule has 1 N–H and O–H groups in total. The van der Waals surface area contributed by atoms with Crippen LogP contribution in [0.2, 0.25) is 0 Å². The maximum absolute atomic E-state index is 13.5. The molecule has 186 valence electrons. The number of anilines is 1. The van der Waals surface area contributed by atoms with Crippen LogP contribution in [0.5, 0.6) is 0 Å². The van der Waals surface area contributed by atoms with Gasteiger partial charge in [-0.15, -0.1) is 0 Å². The third-order valence-corrected chi connectivity index (χ3v) is 6.85. The van der Waals surface area contributed by atoms with Gasteiger partial charge in [0.05, 0.1) is 5.69 Å². The van der Waals surface area contributed by atoms with Crippen molar-refractivity contribution in [2.45, 2.75) is 20.4 Å². The SMILES string of the molecule is Cc1cc(C)cc(N2C(=O)NC(=O)/C(=C\c3cn(Cc4ccc5ccccc5c4)c4ccccc34)C2=O)c1. The predicted molar refractivity (Wildman–Crippen MR) is 150 cm³/mol. The normalized spacial score (nSPS) is 15.1. The quantitative estimate of drug-likeness (QED) is 0.239. The smallest absolute Gasteiger partial charge is 0.335 e. The number of aryl methyl sites for hydroxylation is 2. The molecule has 0 radical (unpaired) electrons. The summed E-state index contributed by atoms with van der Waals surface area (Å²) >= 11 is 0. The van der Waals surface area contributed by atoms with Gasteiger partial charge in [-0.25, -0.2) is 9.69 Å². The Morgan fingerprint density at radius 1 is 0.789 bits per heavy atom. The van der Waals surface area contributed by atoms with Gasteiger partial charge in [0.25, 0.3) is 11.8 Å². The van der Waals surface area contributed by atoms with E-state index >= 15 is 0 Å². The number of nitrogens with one attached hydrogen (secondary N) is 1. The summed E-state index contributed by atoms with van der Waals surface area (Å²) < 4.78 is 2.11. The zero-order valence-electron chi connectivity index (χ0n) is 21.1. The van der Waals surface area contributed by atoms with Gasteiger partial charge in [0.15, 0.2) is 0 Å². The number of rotatable bonds is 4. The fraction of sp³-hybridized carbons (Fsp3) is 0.0938. The molecule has 0 unspecified atom stereocenters. The van der Waals surface area contributed by atoms with Gasteiger partial charge >= 0.3 is 6.03 Å². The molecule has 6 heteroatoms. The molecule has 38 heavy (non-hydrogen) atoms. The van der Waals surface area contributed by atoms with E-state index in [0.717, 1.165) is 38.1 Å². The van der Waals surface area contributed by atoms with Crippen molar-refractivity contribution in [1.82, 2.24) is 9.88 Å². The van der Waals surface area contributed by atoms with Gasteiger partial charge in [-0.05, 0) is 71.7 Å². The van der Waals surface area contributed by atoms with Crippen molar-refractivity contribution in [2.75, 3.05) is 4.90 Å². The number of fused-ring (bicyclic) bond motifs is 2. The van der Waals surface area contributed by atoms with Gasteiger partial charge in [-0.2, -0.15) is 0 Å². The van der Waals surface area contributed by atoms with E-state index in [2.05, 4.69) is 40.2 Å². The van der Waals surface area contributed by atoms with Crippen LogP contribution < -0.4 is 10.2 Å². The van der Waals surface area contributed by atoms with Crippen LogP contribution in [0.3, 0.4) is 0 Å². The van der Waals surface area contributed by atoms with Crippen LogP contribution in [-0.4, -0.2) is 22.4 Å². The van der Waals surface area contributed by atoms with Gasteiger partial charge in [-0.1, -0.05) is 60.7 Å². The van der Waals surface area contributed by atoms with E-state index in [9.17, 15) is 14.4 Å². The topological polar surface area (TPSA) is 71.4 Å². The molecule has 1 aliphatic rings. The highest BCUT2D eigenvalue weighted by Crippen LogP contribution is 2.28. The molecule has 4 amide bonds. The van der Waals surface area contributed by atoms with E-state index in [1.54, 1.807) is 18.2 Å². The lowest BCUT2D eigenvalue weighted by Crippen LogP contribution is -2.54. The number of barbiturate groups is 1. The maximum atomic E-state index is 13.5. The van der Waals surface area contributed by atoms with Crippen LogP contribution in [0.1, 0.15) is 22.3 Å².